The molecular weight excluding hydrogens is 254 g/mol. The molecule has 0 bridgehead atoms. The van der Waals surface area contributed by atoms with Crippen LogP contribution in [0.2, 0.25) is 0 Å². The first-order valence-electron chi connectivity index (χ1n) is 6.07. The first-order chi connectivity index (χ1) is 8.99. The highest BCUT2D eigenvalue weighted by molar-refractivity contribution is 5.81. The fourth-order valence-corrected chi connectivity index (χ4v) is 1.11. The van der Waals surface area contributed by atoms with Crippen molar-refractivity contribution < 1.29 is 19.4 Å². The number of nitrogens with one attached hydrogen (secondary N) is 1. The Labute approximate surface area is 112 Å². The lowest BCUT2D eigenvalue weighted by molar-refractivity contribution is -0.149. The van der Waals surface area contributed by atoms with Crippen molar-refractivity contribution in [3.63, 3.8) is 0 Å². The number of rotatable bonds is 10. The van der Waals surface area contributed by atoms with Gasteiger partial charge in [0.1, 0.15) is 0 Å². The molecule has 0 aromatic heterocycles. The van der Waals surface area contributed by atoms with Crippen molar-refractivity contribution in [2.45, 2.75) is 26.2 Å². The van der Waals surface area contributed by atoms with E-state index < -0.39 is 5.97 Å². The molecule has 0 spiro atoms. The summed E-state index contributed by atoms with van der Waals surface area (Å²) in [6.45, 7) is 2.20. The second-order valence-electron chi connectivity index (χ2n) is 4.31. The van der Waals surface area contributed by atoms with E-state index in [9.17, 15) is 14.5 Å². The van der Waals surface area contributed by atoms with Gasteiger partial charge in [-0.3, -0.25) is 9.59 Å². The highest BCUT2D eigenvalue weighted by Gasteiger charge is 2.09. The van der Waals surface area contributed by atoms with E-state index in [1.54, 1.807) is 0 Å². The zero-order valence-electron chi connectivity index (χ0n) is 11.3. The summed E-state index contributed by atoms with van der Waals surface area (Å²) in [5.74, 6) is -0.671. The van der Waals surface area contributed by atoms with Crippen LogP contribution in [-0.4, -0.2) is 48.9 Å². The molecule has 0 aliphatic heterocycles. The molecule has 19 heavy (non-hydrogen) atoms. The van der Waals surface area contributed by atoms with Crippen molar-refractivity contribution in [2.75, 3.05) is 26.9 Å². The fraction of sp³-hybridized carbons (Fsp3) is 0.818. The maximum atomic E-state index is 11.4. The van der Waals surface area contributed by atoms with Crippen molar-refractivity contribution in [1.29, 1.82) is 0 Å². The van der Waals surface area contributed by atoms with Crippen LogP contribution in [0, 0.1) is 10.8 Å². The molecular formula is C11H21N3O5. The standard InChI is InChI=1S/C11H21N3O5/c1-9(7-15)5-6-12-10(16)3-4-11(17)19-8-14(2)13-18/h9,15H,3-8H2,1-2H3,(H,12,16). The molecule has 1 unspecified atom stereocenters. The fourth-order valence-electron chi connectivity index (χ4n) is 1.11. The minimum Gasteiger partial charge on any atom is -0.443 e. The number of hydrogen-bond donors (Lipinski definition) is 2. The SMILES string of the molecule is CC(CO)CCNC(=O)CCC(=O)OCN(C)N=O. The van der Waals surface area contributed by atoms with Gasteiger partial charge in [-0.25, -0.2) is 5.01 Å². The van der Waals surface area contributed by atoms with E-state index in [-0.39, 0.29) is 38.0 Å². The van der Waals surface area contributed by atoms with Crippen molar-refractivity contribution in [3.8, 4) is 0 Å². The molecule has 0 aliphatic carbocycles. The molecule has 0 radical (unpaired) electrons. The van der Waals surface area contributed by atoms with Crippen LogP contribution in [0.25, 0.3) is 0 Å². The molecule has 0 aliphatic rings. The van der Waals surface area contributed by atoms with Crippen molar-refractivity contribution in [1.82, 2.24) is 10.3 Å². The van der Waals surface area contributed by atoms with Gasteiger partial charge in [-0.15, -0.1) is 4.91 Å². The third-order valence-electron chi connectivity index (χ3n) is 2.38. The predicted octanol–water partition coefficient (Wildman–Crippen LogP) is 0.0152. The average Bonchev–Trinajstić information content (AvgIpc) is 2.41. The molecule has 110 valence electrons. The van der Waals surface area contributed by atoms with Gasteiger partial charge < -0.3 is 15.2 Å². The van der Waals surface area contributed by atoms with Crippen LogP contribution >= 0.6 is 0 Å². The van der Waals surface area contributed by atoms with E-state index in [2.05, 4.69) is 15.3 Å². The Balaban J connectivity index is 3.61. The third-order valence-corrected chi connectivity index (χ3v) is 2.38. The van der Waals surface area contributed by atoms with Crippen LogP contribution in [-0.2, 0) is 14.3 Å². The van der Waals surface area contributed by atoms with E-state index in [4.69, 9.17) is 5.11 Å². The number of carbonyl (C=O) groups is 2. The van der Waals surface area contributed by atoms with Crippen LogP contribution in [0.3, 0.4) is 0 Å². The zero-order valence-corrected chi connectivity index (χ0v) is 11.3. The first kappa shape index (κ1) is 17.3. The summed E-state index contributed by atoms with van der Waals surface area (Å²) < 4.78 is 4.69. The topological polar surface area (TPSA) is 108 Å². The maximum Gasteiger partial charge on any atom is 0.308 e. The second kappa shape index (κ2) is 10.2. The summed E-state index contributed by atoms with van der Waals surface area (Å²) in [6, 6.07) is 0. The average molecular weight is 275 g/mol. The molecule has 1 amide bonds. The normalized spacial score (nSPS) is 11.5. The van der Waals surface area contributed by atoms with Gasteiger partial charge in [-0.2, -0.15) is 0 Å². The number of nitrogens with zero attached hydrogens (tertiary/aromatic N) is 2. The van der Waals surface area contributed by atoms with Gasteiger partial charge in [0, 0.05) is 26.6 Å². The Kier molecular flexibility index (Phi) is 9.33. The molecule has 0 saturated heterocycles. The molecule has 1 atom stereocenters. The summed E-state index contributed by atoms with van der Waals surface area (Å²) in [7, 11) is 1.37. The number of esters is 1. The molecule has 0 heterocycles. The van der Waals surface area contributed by atoms with Crippen LogP contribution < -0.4 is 5.32 Å². The summed E-state index contributed by atoms with van der Waals surface area (Å²) in [5, 5.41) is 14.9. The third kappa shape index (κ3) is 9.95. The van der Waals surface area contributed by atoms with Crippen molar-refractivity contribution in [3.05, 3.63) is 4.91 Å². The highest BCUT2D eigenvalue weighted by atomic mass is 16.5. The van der Waals surface area contributed by atoms with Crippen LogP contribution in [0.15, 0.2) is 5.29 Å². The molecule has 0 aromatic carbocycles. The number of carbonyl (C=O) groups excluding carboxylic acids is 2. The predicted molar refractivity (Wildman–Crippen MR) is 67.6 cm³/mol. The number of hydrogen-bond acceptors (Lipinski definition) is 6. The van der Waals surface area contributed by atoms with Gasteiger partial charge in [-0.05, 0) is 12.3 Å². The Bertz CT molecular complexity index is 298. The lowest BCUT2D eigenvalue weighted by atomic mass is 10.1. The van der Waals surface area contributed by atoms with Crippen molar-refractivity contribution >= 4 is 11.9 Å². The largest absolute Gasteiger partial charge is 0.443 e. The first-order valence-corrected chi connectivity index (χ1v) is 6.07. The Hall–Kier alpha value is -1.70. The number of ether oxygens (including phenoxy) is 1. The number of aliphatic hydroxyl groups excluding tert-OH is 1. The Morgan fingerprint density at radius 2 is 2.11 bits per heavy atom. The van der Waals surface area contributed by atoms with E-state index >= 15 is 0 Å². The summed E-state index contributed by atoms with van der Waals surface area (Å²) in [6.07, 6.45) is 0.668. The summed E-state index contributed by atoms with van der Waals surface area (Å²) in [5.41, 5.74) is 0. The van der Waals surface area contributed by atoms with Crippen LogP contribution in [0.4, 0.5) is 0 Å². The van der Waals surface area contributed by atoms with Crippen molar-refractivity contribution in [2.24, 2.45) is 11.2 Å². The van der Waals surface area contributed by atoms with E-state index in [1.807, 2.05) is 6.92 Å². The zero-order chi connectivity index (χ0) is 14.7. The lowest BCUT2D eigenvalue weighted by Crippen LogP contribution is -2.27. The molecule has 8 heteroatoms. The summed E-state index contributed by atoms with van der Waals surface area (Å²) >= 11 is 0. The lowest BCUT2D eigenvalue weighted by Gasteiger charge is -2.10. The van der Waals surface area contributed by atoms with Gasteiger partial charge in [0.25, 0.3) is 0 Å². The van der Waals surface area contributed by atoms with Gasteiger partial charge in [0.15, 0.2) is 6.73 Å². The monoisotopic (exact) mass is 275 g/mol. The number of aliphatic hydroxyl groups is 1. The second-order valence-corrected chi connectivity index (χ2v) is 4.31. The van der Waals surface area contributed by atoms with Gasteiger partial charge in [0.2, 0.25) is 5.91 Å². The quantitative estimate of drug-likeness (QED) is 0.252. The minimum atomic E-state index is -0.561. The number of nitroso groups, excluding NO2 is 1. The Morgan fingerprint density at radius 3 is 2.68 bits per heavy atom. The van der Waals surface area contributed by atoms with Crippen LogP contribution in [0.1, 0.15) is 26.2 Å². The van der Waals surface area contributed by atoms with Crippen LogP contribution in [0.5, 0.6) is 0 Å². The molecule has 0 fully saturated rings. The van der Waals surface area contributed by atoms with E-state index in [0.29, 0.717) is 13.0 Å². The molecule has 0 aromatic rings. The van der Waals surface area contributed by atoms with Gasteiger partial charge >= 0.3 is 5.97 Å². The number of amides is 1. The van der Waals surface area contributed by atoms with E-state index in [1.165, 1.54) is 7.05 Å². The molecule has 2 N–H and O–H groups in total. The maximum absolute atomic E-state index is 11.4. The summed E-state index contributed by atoms with van der Waals surface area (Å²) in [4.78, 5) is 32.5. The molecule has 8 nitrogen and oxygen atoms in total. The minimum absolute atomic E-state index is 0.0323. The van der Waals surface area contributed by atoms with Gasteiger partial charge in [0.05, 0.1) is 11.7 Å². The smallest absolute Gasteiger partial charge is 0.308 e. The highest BCUT2D eigenvalue weighted by Crippen LogP contribution is 1.99. The van der Waals surface area contributed by atoms with E-state index in [0.717, 1.165) is 5.01 Å². The molecule has 0 saturated carbocycles. The molecule has 0 rings (SSSR count). The van der Waals surface area contributed by atoms with Gasteiger partial charge in [-0.1, -0.05) is 6.92 Å². The Morgan fingerprint density at radius 1 is 1.42 bits per heavy atom.